The summed E-state index contributed by atoms with van der Waals surface area (Å²) in [5, 5.41) is 20.8. The average molecular weight is 349 g/mol. The third-order valence-electron chi connectivity index (χ3n) is 5.19. The zero-order valence-electron chi connectivity index (χ0n) is 13.4. The lowest BCUT2D eigenvalue weighted by Gasteiger charge is -2.25. The van der Waals surface area contributed by atoms with Crippen molar-refractivity contribution in [1.29, 1.82) is 0 Å². The molecule has 2 N–H and O–H groups in total. The lowest BCUT2D eigenvalue weighted by Crippen LogP contribution is -2.11. The van der Waals surface area contributed by atoms with Gasteiger partial charge in [0.2, 0.25) is 0 Å². The van der Waals surface area contributed by atoms with Crippen LogP contribution in [0.5, 0.6) is 11.5 Å². The first-order valence-corrected chi connectivity index (χ1v) is 8.89. The smallest absolute Gasteiger partial charge is 0.132 e. The molecular weight excluding hydrogens is 328 g/mol. The van der Waals surface area contributed by atoms with Crippen molar-refractivity contribution in [2.24, 2.45) is 0 Å². The summed E-state index contributed by atoms with van der Waals surface area (Å²) in [7, 11) is 0. The van der Waals surface area contributed by atoms with Gasteiger partial charge in [0.05, 0.1) is 18.2 Å². The number of hydrogen-bond acceptors (Lipinski definition) is 4. The fourth-order valence-electron chi connectivity index (χ4n) is 4.39. The number of aliphatic hydroxyl groups excluding tert-OH is 2. The van der Waals surface area contributed by atoms with Gasteiger partial charge >= 0.3 is 0 Å². The Hall–Kier alpha value is -1.49. The molecule has 0 spiro atoms. The van der Waals surface area contributed by atoms with E-state index in [0.717, 1.165) is 35.1 Å². The molecule has 4 rings (SSSR count). The molecule has 2 aliphatic carbocycles. The van der Waals surface area contributed by atoms with Gasteiger partial charge in [-0.1, -0.05) is 23.7 Å². The first-order chi connectivity index (χ1) is 11.8. The van der Waals surface area contributed by atoms with E-state index >= 15 is 0 Å². The number of ether oxygens (including phenoxy) is 2. The van der Waals surface area contributed by atoms with Gasteiger partial charge in [0.25, 0.3) is 0 Å². The molecule has 0 aromatic heterocycles. The van der Waals surface area contributed by atoms with Crippen LogP contribution in [-0.2, 0) is 0 Å². The molecule has 24 heavy (non-hydrogen) atoms. The third-order valence-corrected chi connectivity index (χ3v) is 5.50. The minimum Gasteiger partial charge on any atom is -0.490 e. The SMILES string of the molecule is OCCOc1c2c(c(OCCO)c3c(Cl)cccc13)C1CCC2C1. The monoisotopic (exact) mass is 348 g/mol. The zero-order chi connectivity index (χ0) is 16.7. The Balaban J connectivity index is 2.01. The topological polar surface area (TPSA) is 58.9 Å². The molecule has 2 aliphatic rings. The molecule has 2 atom stereocenters. The van der Waals surface area contributed by atoms with Gasteiger partial charge in [-0.3, -0.25) is 0 Å². The molecule has 1 saturated carbocycles. The molecule has 2 aromatic carbocycles. The molecule has 0 amide bonds. The first-order valence-electron chi connectivity index (χ1n) is 8.51. The predicted octanol–water partition coefficient (Wildman–Crippen LogP) is 3.60. The molecule has 2 unspecified atom stereocenters. The molecule has 0 heterocycles. The van der Waals surface area contributed by atoms with Crippen molar-refractivity contribution in [3.63, 3.8) is 0 Å². The first kappa shape index (κ1) is 16.0. The van der Waals surface area contributed by atoms with Gasteiger partial charge in [-0.05, 0) is 37.2 Å². The zero-order valence-corrected chi connectivity index (χ0v) is 14.2. The van der Waals surface area contributed by atoms with Crippen LogP contribution in [0.2, 0.25) is 5.02 Å². The highest BCUT2D eigenvalue weighted by Crippen LogP contribution is 2.61. The van der Waals surface area contributed by atoms with Crippen LogP contribution in [0, 0.1) is 0 Å². The Bertz CT molecular complexity index is 774. The Morgan fingerprint density at radius 1 is 0.958 bits per heavy atom. The highest BCUT2D eigenvalue weighted by Gasteiger charge is 2.43. The normalized spacial score (nSPS) is 21.3. The Morgan fingerprint density at radius 2 is 1.58 bits per heavy atom. The van der Waals surface area contributed by atoms with Crippen LogP contribution < -0.4 is 9.47 Å². The number of rotatable bonds is 6. The summed E-state index contributed by atoms with van der Waals surface area (Å²) in [6.45, 7) is 0.467. The van der Waals surface area contributed by atoms with Crippen LogP contribution in [0.1, 0.15) is 42.2 Å². The summed E-state index contributed by atoms with van der Waals surface area (Å²) in [5.74, 6) is 2.61. The fourth-order valence-corrected chi connectivity index (χ4v) is 4.65. The molecule has 1 fully saturated rings. The summed E-state index contributed by atoms with van der Waals surface area (Å²) in [5.41, 5.74) is 2.43. The maximum atomic E-state index is 9.21. The third kappa shape index (κ3) is 2.36. The van der Waals surface area contributed by atoms with Crippen molar-refractivity contribution in [1.82, 2.24) is 0 Å². The van der Waals surface area contributed by atoms with E-state index < -0.39 is 0 Å². The lowest BCUT2D eigenvalue weighted by atomic mass is 9.87. The lowest BCUT2D eigenvalue weighted by molar-refractivity contribution is 0.198. The Labute approximate surface area is 146 Å². The van der Waals surface area contributed by atoms with Gasteiger partial charge in [-0.2, -0.15) is 0 Å². The van der Waals surface area contributed by atoms with Crippen molar-refractivity contribution in [3.05, 3.63) is 34.3 Å². The van der Waals surface area contributed by atoms with Crippen molar-refractivity contribution in [2.45, 2.75) is 31.1 Å². The van der Waals surface area contributed by atoms with Crippen molar-refractivity contribution < 1.29 is 19.7 Å². The molecule has 128 valence electrons. The van der Waals surface area contributed by atoms with Gasteiger partial charge in [0, 0.05) is 21.9 Å². The minimum atomic E-state index is -0.0302. The second kappa shape index (κ2) is 6.43. The van der Waals surface area contributed by atoms with E-state index in [4.69, 9.17) is 21.1 Å². The van der Waals surface area contributed by atoms with Crippen molar-refractivity contribution in [2.75, 3.05) is 26.4 Å². The minimum absolute atomic E-state index is 0.0201. The average Bonchev–Trinajstić information content (AvgIpc) is 3.20. The summed E-state index contributed by atoms with van der Waals surface area (Å²) in [4.78, 5) is 0. The summed E-state index contributed by atoms with van der Waals surface area (Å²) in [6.07, 6.45) is 3.44. The van der Waals surface area contributed by atoms with Crippen LogP contribution >= 0.6 is 11.6 Å². The Kier molecular flexibility index (Phi) is 4.29. The molecule has 4 nitrogen and oxygen atoms in total. The molecular formula is C19H21ClO4. The fraction of sp³-hybridized carbons (Fsp3) is 0.474. The van der Waals surface area contributed by atoms with Crippen LogP contribution in [0.15, 0.2) is 18.2 Å². The molecule has 5 heteroatoms. The van der Waals surface area contributed by atoms with Crippen molar-refractivity contribution in [3.8, 4) is 11.5 Å². The van der Waals surface area contributed by atoms with E-state index in [1.54, 1.807) is 0 Å². The Morgan fingerprint density at radius 3 is 2.25 bits per heavy atom. The van der Waals surface area contributed by atoms with Gasteiger partial charge in [-0.25, -0.2) is 0 Å². The van der Waals surface area contributed by atoms with Crippen LogP contribution in [0.3, 0.4) is 0 Å². The summed E-state index contributed by atoms with van der Waals surface area (Å²) >= 11 is 6.50. The van der Waals surface area contributed by atoms with E-state index in [2.05, 4.69) is 0 Å². The van der Waals surface area contributed by atoms with E-state index in [-0.39, 0.29) is 26.4 Å². The highest BCUT2D eigenvalue weighted by molar-refractivity contribution is 6.36. The van der Waals surface area contributed by atoms with Crippen LogP contribution in [0.4, 0.5) is 0 Å². The molecule has 0 aliphatic heterocycles. The van der Waals surface area contributed by atoms with Crippen LogP contribution in [0.25, 0.3) is 10.8 Å². The van der Waals surface area contributed by atoms with E-state index in [1.165, 1.54) is 17.5 Å². The largest absolute Gasteiger partial charge is 0.490 e. The molecule has 2 aromatic rings. The quantitative estimate of drug-likeness (QED) is 0.837. The second-order valence-corrected chi connectivity index (χ2v) is 6.91. The number of fused-ring (bicyclic) bond motifs is 6. The van der Waals surface area contributed by atoms with Crippen LogP contribution in [-0.4, -0.2) is 36.6 Å². The van der Waals surface area contributed by atoms with Gasteiger partial charge in [0.1, 0.15) is 24.7 Å². The maximum Gasteiger partial charge on any atom is 0.132 e. The second-order valence-electron chi connectivity index (χ2n) is 6.50. The maximum absolute atomic E-state index is 9.21. The standard InChI is InChI=1S/C19H21ClO4/c20-14-3-1-2-13-17(14)19(24-9-7-22)16-12-5-4-11(10-12)15(16)18(13)23-8-6-21/h1-3,11-12,21-22H,4-10H2. The van der Waals surface area contributed by atoms with E-state index in [0.29, 0.717) is 16.9 Å². The van der Waals surface area contributed by atoms with Gasteiger partial charge < -0.3 is 19.7 Å². The van der Waals surface area contributed by atoms with Gasteiger partial charge in [0.15, 0.2) is 0 Å². The van der Waals surface area contributed by atoms with E-state index in [1.807, 2.05) is 18.2 Å². The highest BCUT2D eigenvalue weighted by atomic mass is 35.5. The summed E-state index contributed by atoms with van der Waals surface area (Å²) in [6, 6.07) is 5.75. The molecule has 0 radical (unpaired) electrons. The number of benzene rings is 2. The molecule has 0 saturated heterocycles. The number of hydrogen-bond donors (Lipinski definition) is 2. The summed E-state index contributed by atoms with van der Waals surface area (Å²) < 4.78 is 11.9. The predicted molar refractivity (Wildman–Crippen MR) is 93.5 cm³/mol. The number of halogens is 1. The van der Waals surface area contributed by atoms with Crippen molar-refractivity contribution >= 4 is 22.4 Å². The molecule has 2 bridgehead atoms. The number of aliphatic hydroxyl groups is 2. The van der Waals surface area contributed by atoms with Gasteiger partial charge in [-0.15, -0.1) is 0 Å². The van der Waals surface area contributed by atoms with E-state index in [9.17, 15) is 10.2 Å².